The van der Waals surface area contributed by atoms with Gasteiger partial charge >= 0.3 is 0 Å². The highest BCUT2D eigenvalue weighted by molar-refractivity contribution is 5.98. The molecule has 1 aliphatic rings. The van der Waals surface area contributed by atoms with Crippen LogP contribution in [-0.4, -0.2) is 15.6 Å². The first-order valence-electron chi connectivity index (χ1n) is 4.25. The zero-order valence-corrected chi connectivity index (χ0v) is 7.37. The lowest BCUT2D eigenvalue weighted by Gasteiger charge is -2.16. The Labute approximate surface area is 71.4 Å². The Kier molecular flexibility index (Phi) is 1.53. The number of aryl methyl sites for hydroxylation is 2. The number of hydrogen-bond donors (Lipinski definition) is 0. The molecule has 0 radical (unpaired) electrons. The van der Waals surface area contributed by atoms with Crippen molar-refractivity contribution >= 4 is 5.78 Å². The van der Waals surface area contributed by atoms with E-state index in [-0.39, 0.29) is 11.7 Å². The van der Waals surface area contributed by atoms with E-state index in [1.54, 1.807) is 10.9 Å². The van der Waals surface area contributed by atoms with Crippen LogP contribution in [0, 0.1) is 5.92 Å². The molecule has 2 rings (SSSR count). The number of carbonyl (C=O) groups excluding carboxylic acids is 1. The first-order valence-corrected chi connectivity index (χ1v) is 4.25. The van der Waals surface area contributed by atoms with Crippen molar-refractivity contribution in [1.29, 1.82) is 0 Å². The second-order valence-corrected chi connectivity index (χ2v) is 3.45. The Balaban J connectivity index is 2.53. The molecular formula is C9H12N2O. The number of rotatable bonds is 0. The topological polar surface area (TPSA) is 34.9 Å². The average molecular weight is 164 g/mol. The Hall–Kier alpha value is -1.12. The molecule has 1 aliphatic carbocycles. The maximum atomic E-state index is 11.6. The highest BCUT2D eigenvalue weighted by atomic mass is 16.1. The van der Waals surface area contributed by atoms with Gasteiger partial charge in [-0.05, 0) is 12.8 Å². The number of Topliss-reactive ketones (excluding diaryl/α,β-unsaturated/α-hetero) is 1. The van der Waals surface area contributed by atoms with Crippen molar-refractivity contribution in [1.82, 2.24) is 9.78 Å². The Morgan fingerprint density at radius 3 is 3.17 bits per heavy atom. The minimum Gasteiger partial charge on any atom is -0.292 e. The van der Waals surface area contributed by atoms with Crippen LogP contribution in [0.5, 0.6) is 0 Å². The number of nitrogens with zero attached hydrogens (tertiary/aromatic N) is 2. The monoisotopic (exact) mass is 164 g/mol. The molecule has 0 saturated carbocycles. The van der Waals surface area contributed by atoms with Gasteiger partial charge in [0.2, 0.25) is 0 Å². The van der Waals surface area contributed by atoms with Gasteiger partial charge in [-0.2, -0.15) is 5.10 Å². The second-order valence-electron chi connectivity index (χ2n) is 3.45. The fourth-order valence-electron chi connectivity index (χ4n) is 1.72. The van der Waals surface area contributed by atoms with Crippen LogP contribution in [0.1, 0.15) is 29.4 Å². The molecule has 1 unspecified atom stereocenters. The van der Waals surface area contributed by atoms with E-state index < -0.39 is 0 Å². The SMILES string of the molecule is CC1CCc2cnn(C)c2C1=O. The first kappa shape index (κ1) is 7.53. The van der Waals surface area contributed by atoms with Crippen LogP contribution in [0.4, 0.5) is 0 Å². The minimum absolute atomic E-state index is 0.174. The zero-order valence-electron chi connectivity index (χ0n) is 7.37. The van der Waals surface area contributed by atoms with Gasteiger partial charge in [0, 0.05) is 18.5 Å². The molecule has 1 aromatic heterocycles. The van der Waals surface area contributed by atoms with Crippen molar-refractivity contribution in [3.05, 3.63) is 17.5 Å². The summed E-state index contributed by atoms with van der Waals surface area (Å²) >= 11 is 0. The van der Waals surface area contributed by atoms with E-state index >= 15 is 0 Å². The predicted octanol–water partition coefficient (Wildman–Crippen LogP) is 1.19. The number of carbonyl (C=O) groups is 1. The third-order valence-electron chi connectivity index (χ3n) is 2.54. The standard InChI is InChI=1S/C9H12N2O/c1-6-3-4-7-5-10-11(2)8(7)9(6)12/h5-6H,3-4H2,1-2H3. The van der Waals surface area contributed by atoms with Crippen molar-refractivity contribution in [2.45, 2.75) is 19.8 Å². The van der Waals surface area contributed by atoms with Crippen LogP contribution in [0.25, 0.3) is 0 Å². The van der Waals surface area contributed by atoms with E-state index in [0.29, 0.717) is 0 Å². The summed E-state index contributed by atoms with van der Waals surface area (Å²) in [6.45, 7) is 1.98. The van der Waals surface area contributed by atoms with Gasteiger partial charge in [0.25, 0.3) is 0 Å². The van der Waals surface area contributed by atoms with Crippen LogP contribution in [0.15, 0.2) is 6.20 Å². The molecule has 0 bridgehead atoms. The third kappa shape index (κ3) is 0.891. The third-order valence-corrected chi connectivity index (χ3v) is 2.54. The summed E-state index contributed by atoms with van der Waals surface area (Å²) in [4.78, 5) is 11.6. The molecule has 0 N–H and O–H groups in total. The van der Waals surface area contributed by atoms with Gasteiger partial charge in [-0.25, -0.2) is 0 Å². The zero-order chi connectivity index (χ0) is 8.72. The molecule has 0 aliphatic heterocycles. The summed E-state index contributed by atoms with van der Waals surface area (Å²) in [7, 11) is 1.83. The molecule has 3 heteroatoms. The molecule has 3 nitrogen and oxygen atoms in total. The molecule has 64 valence electrons. The van der Waals surface area contributed by atoms with Crippen molar-refractivity contribution in [2.75, 3.05) is 0 Å². The summed E-state index contributed by atoms with van der Waals surface area (Å²) in [6, 6.07) is 0. The summed E-state index contributed by atoms with van der Waals surface area (Å²) in [6.07, 6.45) is 3.77. The lowest BCUT2D eigenvalue weighted by molar-refractivity contribution is 0.0903. The van der Waals surface area contributed by atoms with E-state index in [1.807, 2.05) is 14.0 Å². The summed E-state index contributed by atoms with van der Waals surface area (Å²) in [5.74, 6) is 0.421. The Morgan fingerprint density at radius 2 is 2.42 bits per heavy atom. The molecule has 0 spiro atoms. The lowest BCUT2D eigenvalue weighted by Crippen LogP contribution is -2.21. The normalized spacial score (nSPS) is 22.5. The van der Waals surface area contributed by atoms with E-state index in [9.17, 15) is 4.79 Å². The number of fused-ring (bicyclic) bond motifs is 1. The lowest BCUT2D eigenvalue weighted by atomic mass is 9.88. The Bertz CT molecular complexity index is 327. The summed E-state index contributed by atoms with van der Waals surface area (Å²) in [5.41, 5.74) is 1.93. The van der Waals surface area contributed by atoms with E-state index in [1.165, 1.54) is 0 Å². The number of hydrogen-bond acceptors (Lipinski definition) is 2. The molecule has 0 aromatic carbocycles. The van der Waals surface area contributed by atoms with E-state index in [0.717, 1.165) is 24.1 Å². The summed E-state index contributed by atoms with van der Waals surface area (Å²) < 4.78 is 1.69. The minimum atomic E-state index is 0.174. The van der Waals surface area contributed by atoms with Crippen LogP contribution in [-0.2, 0) is 13.5 Å². The fourth-order valence-corrected chi connectivity index (χ4v) is 1.72. The van der Waals surface area contributed by atoms with Gasteiger partial charge in [0.1, 0.15) is 5.69 Å². The van der Waals surface area contributed by atoms with Crippen molar-refractivity contribution < 1.29 is 4.79 Å². The second kappa shape index (κ2) is 2.44. The van der Waals surface area contributed by atoms with Crippen LogP contribution < -0.4 is 0 Å². The smallest absolute Gasteiger partial charge is 0.183 e. The summed E-state index contributed by atoms with van der Waals surface area (Å²) in [5, 5.41) is 4.08. The predicted molar refractivity (Wildman–Crippen MR) is 45.0 cm³/mol. The fraction of sp³-hybridized carbons (Fsp3) is 0.556. The maximum absolute atomic E-state index is 11.6. The van der Waals surface area contributed by atoms with Crippen molar-refractivity contribution in [3.8, 4) is 0 Å². The van der Waals surface area contributed by atoms with Gasteiger partial charge < -0.3 is 0 Å². The van der Waals surface area contributed by atoms with Gasteiger partial charge in [-0.15, -0.1) is 0 Å². The van der Waals surface area contributed by atoms with Gasteiger partial charge in [0.05, 0.1) is 6.20 Å². The van der Waals surface area contributed by atoms with Crippen molar-refractivity contribution in [3.63, 3.8) is 0 Å². The van der Waals surface area contributed by atoms with Crippen LogP contribution in [0.2, 0.25) is 0 Å². The molecule has 1 aromatic rings. The van der Waals surface area contributed by atoms with Crippen LogP contribution in [0.3, 0.4) is 0 Å². The molecule has 0 fully saturated rings. The van der Waals surface area contributed by atoms with Crippen LogP contribution >= 0.6 is 0 Å². The van der Waals surface area contributed by atoms with Gasteiger partial charge in [-0.1, -0.05) is 6.92 Å². The van der Waals surface area contributed by atoms with Crippen molar-refractivity contribution in [2.24, 2.45) is 13.0 Å². The Morgan fingerprint density at radius 1 is 1.67 bits per heavy atom. The number of aromatic nitrogens is 2. The molecule has 1 atom stereocenters. The number of ketones is 1. The van der Waals surface area contributed by atoms with E-state index in [4.69, 9.17) is 0 Å². The molecule has 1 heterocycles. The van der Waals surface area contributed by atoms with E-state index in [2.05, 4.69) is 5.10 Å². The molecule has 12 heavy (non-hydrogen) atoms. The molecular weight excluding hydrogens is 152 g/mol. The molecule has 0 saturated heterocycles. The molecule has 0 amide bonds. The van der Waals surface area contributed by atoms with Gasteiger partial charge in [0.15, 0.2) is 5.78 Å². The first-order chi connectivity index (χ1) is 5.70. The largest absolute Gasteiger partial charge is 0.292 e. The van der Waals surface area contributed by atoms with Gasteiger partial charge in [-0.3, -0.25) is 9.48 Å². The quantitative estimate of drug-likeness (QED) is 0.577. The highest BCUT2D eigenvalue weighted by Crippen LogP contribution is 2.24. The highest BCUT2D eigenvalue weighted by Gasteiger charge is 2.26. The maximum Gasteiger partial charge on any atom is 0.183 e. The average Bonchev–Trinajstić information content (AvgIpc) is 2.41.